The first-order valence-corrected chi connectivity index (χ1v) is 9.19. The van der Waals surface area contributed by atoms with Gasteiger partial charge in [-0.15, -0.1) is 0 Å². The summed E-state index contributed by atoms with van der Waals surface area (Å²) >= 11 is 0. The zero-order chi connectivity index (χ0) is 19.2. The Balaban J connectivity index is 1.50. The highest BCUT2D eigenvalue weighted by Gasteiger charge is 2.29. The lowest BCUT2D eigenvalue weighted by Gasteiger charge is -2.21. The predicted octanol–water partition coefficient (Wildman–Crippen LogP) is 1.71. The molecule has 27 heavy (non-hydrogen) atoms. The Morgan fingerprint density at radius 2 is 2.07 bits per heavy atom. The molecule has 1 aromatic carbocycles. The van der Waals surface area contributed by atoms with Crippen LogP contribution in [0.25, 0.3) is 0 Å². The second-order valence-electron chi connectivity index (χ2n) is 6.90. The molecule has 0 radical (unpaired) electrons. The van der Waals surface area contributed by atoms with E-state index in [2.05, 4.69) is 51.7 Å². The average molecular weight is 369 g/mol. The van der Waals surface area contributed by atoms with Crippen molar-refractivity contribution in [2.75, 3.05) is 13.6 Å². The van der Waals surface area contributed by atoms with Crippen LogP contribution in [0.4, 0.5) is 0 Å². The van der Waals surface area contributed by atoms with E-state index in [9.17, 15) is 4.79 Å². The molecule has 0 aliphatic carbocycles. The van der Waals surface area contributed by atoms with Crippen molar-refractivity contribution in [1.29, 1.82) is 0 Å². The van der Waals surface area contributed by atoms with Crippen LogP contribution in [0.15, 0.2) is 51.9 Å². The molecule has 144 valence electrons. The van der Waals surface area contributed by atoms with Crippen LogP contribution in [0, 0.1) is 0 Å². The largest absolute Gasteiger partial charge is 0.454 e. The molecular formula is C20H27N5O2. The number of carbonyl (C=O) groups is 1. The predicted molar refractivity (Wildman–Crippen MR) is 105 cm³/mol. The third-order valence-electron chi connectivity index (χ3n) is 4.83. The van der Waals surface area contributed by atoms with Gasteiger partial charge in [-0.25, -0.2) is 0 Å². The van der Waals surface area contributed by atoms with Crippen molar-refractivity contribution in [2.24, 2.45) is 10.7 Å². The number of furan rings is 1. The Morgan fingerprint density at radius 3 is 2.74 bits per heavy atom. The van der Waals surface area contributed by atoms with Crippen molar-refractivity contribution in [3.05, 3.63) is 59.5 Å². The van der Waals surface area contributed by atoms with E-state index in [1.54, 1.807) is 19.2 Å². The molecule has 2 heterocycles. The topological polar surface area (TPSA) is 95.9 Å². The number of guanidine groups is 1. The molecule has 1 fully saturated rings. The van der Waals surface area contributed by atoms with E-state index in [1.807, 2.05) is 6.07 Å². The van der Waals surface area contributed by atoms with Gasteiger partial charge in [0, 0.05) is 32.2 Å². The summed E-state index contributed by atoms with van der Waals surface area (Å²) in [5.74, 6) is 0.946. The zero-order valence-electron chi connectivity index (χ0n) is 15.8. The van der Waals surface area contributed by atoms with Gasteiger partial charge in [-0.1, -0.05) is 30.3 Å². The van der Waals surface area contributed by atoms with Crippen LogP contribution in [0.2, 0.25) is 0 Å². The van der Waals surface area contributed by atoms with E-state index in [1.165, 1.54) is 5.56 Å². The van der Waals surface area contributed by atoms with Crippen LogP contribution in [0.3, 0.4) is 0 Å². The lowest BCUT2D eigenvalue weighted by molar-refractivity contribution is 0.0972. The van der Waals surface area contributed by atoms with Gasteiger partial charge in [0.05, 0.1) is 6.54 Å². The Hall–Kier alpha value is -2.80. The molecule has 1 aromatic heterocycles. The maximum atomic E-state index is 11.1. The molecule has 2 unspecified atom stereocenters. The number of benzene rings is 1. The van der Waals surface area contributed by atoms with Crippen LogP contribution in [0.1, 0.15) is 35.2 Å². The molecule has 7 heteroatoms. The number of carbonyl (C=O) groups excluding carboxylic acids is 1. The van der Waals surface area contributed by atoms with Gasteiger partial charge >= 0.3 is 0 Å². The fourth-order valence-corrected chi connectivity index (χ4v) is 3.41. The first kappa shape index (κ1) is 19.0. The van der Waals surface area contributed by atoms with Crippen molar-refractivity contribution >= 4 is 11.9 Å². The quantitative estimate of drug-likeness (QED) is 0.532. The Bertz CT molecular complexity index is 787. The number of primary amides is 1. The lowest BCUT2D eigenvalue weighted by atomic mass is 10.2. The number of amides is 1. The summed E-state index contributed by atoms with van der Waals surface area (Å²) in [6.07, 6.45) is 1.06. The third-order valence-corrected chi connectivity index (χ3v) is 4.83. The van der Waals surface area contributed by atoms with Gasteiger partial charge < -0.3 is 20.8 Å². The summed E-state index contributed by atoms with van der Waals surface area (Å²) in [7, 11) is 1.74. The molecule has 0 saturated carbocycles. The highest BCUT2D eigenvalue weighted by Crippen LogP contribution is 2.20. The van der Waals surface area contributed by atoms with Crippen molar-refractivity contribution in [3.63, 3.8) is 0 Å². The van der Waals surface area contributed by atoms with Gasteiger partial charge in [-0.3, -0.25) is 14.7 Å². The summed E-state index contributed by atoms with van der Waals surface area (Å²) in [6, 6.07) is 14.7. The van der Waals surface area contributed by atoms with Crippen molar-refractivity contribution in [1.82, 2.24) is 15.5 Å². The monoisotopic (exact) mass is 369 g/mol. The van der Waals surface area contributed by atoms with E-state index < -0.39 is 5.91 Å². The van der Waals surface area contributed by atoms with Gasteiger partial charge in [0.25, 0.3) is 5.91 Å². The molecule has 2 atom stereocenters. The molecule has 0 bridgehead atoms. The average Bonchev–Trinajstić information content (AvgIpc) is 3.27. The Labute approximate surface area is 159 Å². The lowest BCUT2D eigenvalue weighted by Crippen LogP contribution is -2.44. The SMILES string of the molecule is CN=C(NCc1ccc(C(N)=O)o1)NC1CC(C)N(Cc2ccccc2)C1. The van der Waals surface area contributed by atoms with Gasteiger partial charge in [0.2, 0.25) is 0 Å². The standard InChI is InChI=1S/C20H27N5O2/c1-14-10-16(13-25(14)12-15-6-4-3-5-7-15)24-20(22-2)23-11-17-8-9-18(27-17)19(21)26/h3-9,14,16H,10-13H2,1-2H3,(H2,21,26)(H2,22,23,24). The van der Waals surface area contributed by atoms with Crippen LogP contribution in [-0.4, -0.2) is 42.4 Å². The van der Waals surface area contributed by atoms with Gasteiger partial charge in [0.15, 0.2) is 11.7 Å². The van der Waals surface area contributed by atoms with Gasteiger partial charge in [0.1, 0.15) is 5.76 Å². The molecule has 1 aliphatic rings. The maximum Gasteiger partial charge on any atom is 0.284 e. The van der Waals surface area contributed by atoms with Crippen molar-refractivity contribution < 1.29 is 9.21 Å². The number of hydrogen-bond donors (Lipinski definition) is 3. The number of likely N-dealkylation sites (tertiary alicyclic amines) is 1. The maximum absolute atomic E-state index is 11.1. The van der Waals surface area contributed by atoms with Crippen LogP contribution in [-0.2, 0) is 13.1 Å². The Morgan fingerprint density at radius 1 is 1.30 bits per heavy atom. The number of nitrogens with one attached hydrogen (secondary N) is 2. The molecule has 2 aromatic rings. The fourth-order valence-electron chi connectivity index (χ4n) is 3.41. The Kier molecular flexibility index (Phi) is 6.13. The highest BCUT2D eigenvalue weighted by molar-refractivity contribution is 5.89. The van der Waals surface area contributed by atoms with E-state index in [0.717, 1.165) is 19.5 Å². The normalized spacial score (nSPS) is 20.6. The molecule has 3 rings (SSSR count). The van der Waals surface area contributed by atoms with Gasteiger partial charge in [-0.2, -0.15) is 0 Å². The smallest absolute Gasteiger partial charge is 0.284 e. The van der Waals surface area contributed by atoms with Crippen LogP contribution < -0.4 is 16.4 Å². The fraction of sp³-hybridized carbons (Fsp3) is 0.400. The summed E-state index contributed by atoms with van der Waals surface area (Å²) in [5, 5.41) is 6.69. The number of hydrogen-bond acceptors (Lipinski definition) is 4. The van der Waals surface area contributed by atoms with Crippen molar-refractivity contribution in [2.45, 2.75) is 38.5 Å². The number of rotatable bonds is 6. The first-order valence-electron chi connectivity index (χ1n) is 9.19. The zero-order valence-corrected chi connectivity index (χ0v) is 15.8. The number of nitrogens with two attached hydrogens (primary N) is 1. The molecule has 1 saturated heterocycles. The molecule has 0 spiro atoms. The minimum Gasteiger partial charge on any atom is -0.454 e. The van der Waals surface area contributed by atoms with Gasteiger partial charge in [-0.05, 0) is 31.0 Å². The van der Waals surface area contributed by atoms with E-state index in [4.69, 9.17) is 10.2 Å². The summed E-state index contributed by atoms with van der Waals surface area (Å²) in [5.41, 5.74) is 6.53. The number of nitrogens with zero attached hydrogens (tertiary/aromatic N) is 2. The molecular weight excluding hydrogens is 342 g/mol. The molecule has 4 N–H and O–H groups in total. The van der Waals surface area contributed by atoms with Crippen LogP contribution in [0.5, 0.6) is 0 Å². The second kappa shape index (κ2) is 8.73. The van der Waals surface area contributed by atoms with Crippen LogP contribution >= 0.6 is 0 Å². The summed E-state index contributed by atoms with van der Waals surface area (Å²) in [6.45, 7) is 4.61. The van der Waals surface area contributed by atoms with E-state index in [-0.39, 0.29) is 5.76 Å². The highest BCUT2D eigenvalue weighted by atomic mass is 16.3. The molecule has 1 aliphatic heterocycles. The number of aliphatic imine (C=N–C) groups is 1. The third kappa shape index (κ3) is 5.10. The molecule has 7 nitrogen and oxygen atoms in total. The van der Waals surface area contributed by atoms with Crippen molar-refractivity contribution in [3.8, 4) is 0 Å². The summed E-state index contributed by atoms with van der Waals surface area (Å²) < 4.78 is 5.38. The van der Waals surface area contributed by atoms with E-state index in [0.29, 0.717) is 30.3 Å². The van der Waals surface area contributed by atoms with E-state index >= 15 is 0 Å². The first-order chi connectivity index (χ1) is 13.0. The summed E-state index contributed by atoms with van der Waals surface area (Å²) in [4.78, 5) is 17.9. The molecule has 1 amide bonds. The minimum atomic E-state index is -0.567. The minimum absolute atomic E-state index is 0.163. The second-order valence-corrected chi connectivity index (χ2v) is 6.90.